The van der Waals surface area contributed by atoms with Crippen LogP contribution >= 0.6 is 11.8 Å². The van der Waals surface area contributed by atoms with Crippen LogP contribution in [0.15, 0.2) is 27.9 Å². The van der Waals surface area contributed by atoms with Crippen LogP contribution < -0.4 is 10.00 Å². The highest BCUT2D eigenvalue weighted by Gasteiger charge is 2.15. The number of aromatic nitrogens is 3. The molecule has 0 spiro atoms. The largest absolute Gasteiger partial charge is 0.378 e. The van der Waals surface area contributed by atoms with Crippen LogP contribution in [-0.2, 0) is 22.5 Å². The number of nitrogens with one attached hydrogen (secondary N) is 1. The van der Waals surface area contributed by atoms with Crippen LogP contribution in [0.2, 0.25) is 0 Å². The third-order valence-electron chi connectivity index (χ3n) is 3.18. The molecule has 0 aromatic carbocycles. The van der Waals surface area contributed by atoms with E-state index in [1.807, 2.05) is 6.07 Å². The summed E-state index contributed by atoms with van der Waals surface area (Å²) in [4.78, 5) is 16.5. The Labute approximate surface area is 150 Å². The minimum atomic E-state index is -0.258. The summed E-state index contributed by atoms with van der Waals surface area (Å²) in [5.41, 5.74) is 1.38. The molecular formula is C16H20N5O3S+. The van der Waals surface area contributed by atoms with E-state index in [1.54, 1.807) is 19.4 Å². The number of ether oxygens (including phenoxy) is 1. The number of amides is 1. The Bertz CT molecular complexity index is 756. The SMILES string of the molecule is CCCc1ccc(C#N)c(SCC(=O)Nc2c[n+](CCOC)no2)n1. The van der Waals surface area contributed by atoms with Gasteiger partial charge in [-0.1, -0.05) is 25.1 Å². The highest BCUT2D eigenvalue weighted by Crippen LogP contribution is 2.21. The summed E-state index contributed by atoms with van der Waals surface area (Å²) in [6.07, 6.45) is 3.39. The Kier molecular flexibility index (Phi) is 7.37. The van der Waals surface area contributed by atoms with Crippen LogP contribution in [0.4, 0.5) is 5.88 Å². The van der Waals surface area contributed by atoms with Gasteiger partial charge in [-0.25, -0.2) is 4.98 Å². The number of carbonyl (C=O) groups is 1. The Balaban J connectivity index is 1.92. The average Bonchev–Trinajstić information content (AvgIpc) is 3.06. The van der Waals surface area contributed by atoms with Crippen LogP contribution in [-0.4, -0.2) is 35.6 Å². The maximum Gasteiger partial charge on any atom is 0.302 e. The summed E-state index contributed by atoms with van der Waals surface area (Å²) >= 11 is 1.23. The molecule has 0 aliphatic carbocycles. The van der Waals surface area contributed by atoms with Crippen LogP contribution in [0.25, 0.3) is 0 Å². The van der Waals surface area contributed by atoms with Crippen molar-refractivity contribution < 1.29 is 18.7 Å². The van der Waals surface area contributed by atoms with Gasteiger partial charge in [-0.3, -0.25) is 14.6 Å². The molecule has 1 amide bonds. The first-order valence-electron chi connectivity index (χ1n) is 7.84. The molecule has 2 heterocycles. The van der Waals surface area contributed by atoms with Crippen molar-refractivity contribution in [3.63, 3.8) is 0 Å². The lowest BCUT2D eigenvalue weighted by atomic mass is 10.2. The van der Waals surface area contributed by atoms with E-state index in [9.17, 15) is 10.1 Å². The maximum absolute atomic E-state index is 12.1. The molecule has 25 heavy (non-hydrogen) atoms. The number of thioether (sulfide) groups is 1. The average molecular weight is 362 g/mol. The van der Waals surface area contributed by atoms with E-state index in [2.05, 4.69) is 28.6 Å². The van der Waals surface area contributed by atoms with Gasteiger partial charge in [-0.2, -0.15) is 5.26 Å². The molecule has 8 nitrogen and oxygen atoms in total. The van der Waals surface area contributed by atoms with Gasteiger partial charge in [-0.15, -0.1) is 0 Å². The summed E-state index contributed by atoms with van der Waals surface area (Å²) < 4.78 is 11.5. The molecule has 1 N–H and O–H groups in total. The topological polar surface area (TPSA) is 105 Å². The van der Waals surface area contributed by atoms with Gasteiger partial charge in [0, 0.05) is 12.8 Å². The molecule has 0 bridgehead atoms. The molecule has 2 aromatic rings. The fourth-order valence-corrected chi connectivity index (χ4v) is 2.79. The van der Waals surface area contributed by atoms with Crippen LogP contribution in [0.3, 0.4) is 0 Å². The van der Waals surface area contributed by atoms with Gasteiger partial charge in [0.15, 0.2) is 0 Å². The smallest absolute Gasteiger partial charge is 0.302 e. The second-order valence-electron chi connectivity index (χ2n) is 5.18. The molecular weight excluding hydrogens is 342 g/mol. The number of anilines is 1. The third kappa shape index (κ3) is 5.85. The number of nitriles is 1. The lowest BCUT2D eigenvalue weighted by Gasteiger charge is -2.05. The molecule has 132 valence electrons. The quantitative estimate of drug-likeness (QED) is 0.533. The summed E-state index contributed by atoms with van der Waals surface area (Å²) in [6, 6.07) is 5.69. The van der Waals surface area contributed by atoms with Crippen molar-refractivity contribution in [1.29, 1.82) is 5.26 Å². The Hall–Kier alpha value is -2.44. The predicted molar refractivity (Wildman–Crippen MR) is 90.9 cm³/mol. The summed E-state index contributed by atoms with van der Waals surface area (Å²) in [5, 5.41) is 16.1. The second-order valence-corrected chi connectivity index (χ2v) is 6.14. The van der Waals surface area contributed by atoms with Gasteiger partial charge in [-0.05, 0) is 23.2 Å². The molecule has 0 fully saturated rings. The number of pyridine rings is 1. The molecule has 0 saturated heterocycles. The van der Waals surface area contributed by atoms with E-state index in [0.29, 0.717) is 23.7 Å². The van der Waals surface area contributed by atoms with Crippen molar-refractivity contribution in [1.82, 2.24) is 10.3 Å². The van der Waals surface area contributed by atoms with Crippen molar-refractivity contribution in [2.24, 2.45) is 0 Å². The Morgan fingerprint density at radius 1 is 1.52 bits per heavy atom. The Morgan fingerprint density at radius 2 is 2.36 bits per heavy atom. The molecule has 0 aliphatic heterocycles. The zero-order valence-electron chi connectivity index (χ0n) is 14.2. The number of hydrogen-bond donors (Lipinski definition) is 1. The van der Waals surface area contributed by atoms with E-state index in [1.165, 1.54) is 16.4 Å². The van der Waals surface area contributed by atoms with E-state index in [0.717, 1.165) is 18.5 Å². The van der Waals surface area contributed by atoms with E-state index in [-0.39, 0.29) is 17.5 Å². The Morgan fingerprint density at radius 3 is 3.08 bits per heavy atom. The van der Waals surface area contributed by atoms with Crippen molar-refractivity contribution in [3.05, 3.63) is 29.6 Å². The fourth-order valence-electron chi connectivity index (χ4n) is 2.00. The van der Waals surface area contributed by atoms with Crippen molar-refractivity contribution in [2.45, 2.75) is 31.3 Å². The highest BCUT2D eigenvalue weighted by atomic mass is 32.2. The van der Waals surface area contributed by atoms with Crippen molar-refractivity contribution >= 4 is 23.6 Å². The standard InChI is InChI=1S/C16H19N5O3S/c1-3-4-13-6-5-12(9-17)16(18-13)25-11-14(22)19-15-10-21(20-24-15)7-8-23-2/h5-6,10H,3-4,7-8,11H2,1-2H3/p+1. The second kappa shape index (κ2) is 9.76. The van der Waals surface area contributed by atoms with Gasteiger partial charge >= 0.3 is 5.88 Å². The summed E-state index contributed by atoms with van der Waals surface area (Å²) in [7, 11) is 1.60. The first-order valence-corrected chi connectivity index (χ1v) is 8.82. The van der Waals surface area contributed by atoms with Crippen LogP contribution in [0, 0.1) is 11.3 Å². The molecule has 2 aromatic heterocycles. The number of methoxy groups -OCH3 is 1. The maximum atomic E-state index is 12.1. The minimum absolute atomic E-state index is 0.121. The normalized spacial score (nSPS) is 10.4. The number of aryl methyl sites for hydroxylation is 1. The molecule has 0 atom stereocenters. The predicted octanol–water partition coefficient (Wildman–Crippen LogP) is 1.56. The van der Waals surface area contributed by atoms with Crippen LogP contribution in [0.1, 0.15) is 24.6 Å². The van der Waals surface area contributed by atoms with Gasteiger partial charge in [0.2, 0.25) is 17.7 Å². The highest BCUT2D eigenvalue weighted by molar-refractivity contribution is 8.00. The lowest BCUT2D eigenvalue weighted by Crippen LogP contribution is -2.36. The first-order chi connectivity index (χ1) is 12.2. The van der Waals surface area contributed by atoms with Gasteiger partial charge in [0.05, 0.1) is 11.3 Å². The number of carbonyl (C=O) groups excluding carboxylic acids is 1. The fraction of sp³-hybridized carbons (Fsp3) is 0.438. The monoisotopic (exact) mass is 362 g/mol. The zero-order chi connectivity index (χ0) is 18.1. The van der Waals surface area contributed by atoms with Gasteiger partial charge in [0.1, 0.15) is 17.7 Å². The number of nitrogens with zero attached hydrogens (tertiary/aromatic N) is 4. The lowest BCUT2D eigenvalue weighted by molar-refractivity contribution is -0.763. The third-order valence-corrected chi connectivity index (χ3v) is 4.17. The molecule has 0 radical (unpaired) electrons. The molecule has 2 rings (SSSR count). The van der Waals surface area contributed by atoms with Gasteiger partial charge in [0.25, 0.3) is 6.20 Å². The minimum Gasteiger partial charge on any atom is -0.378 e. The molecule has 0 unspecified atom stereocenters. The molecule has 0 saturated carbocycles. The van der Waals surface area contributed by atoms with Crippen molar-refractivity contribution in [2.75, 3.05) is 24.8 Å². The zero-order valence-corrected chi connectivity index (χ0v) is 15.0. The number of rotatable bonds is 9. The van der Waals surface area contributed by atoms with E-state index >= 15 is 0 Å². The van der Waals surface area contributed by atoms with E-state index < -0.39 is 0 Å². The van der Waals surface area contributed by atoms with Crippen LogP contribution in [0.5, 0.6) is 0 Å². The summed E-state index contributed by atoms with van der Waals surface area (Å²) in [6.45, 7) is 3.10. The summed E-state index contributed by atoms with van der Waals surface area (Å²) in [5.74, 6) is 0.122. The van der Waals surface area contributed by atoms with E-state index in [4.69, 9.17) is 9.26 Å². The molecule has 9 heteroatoms. The van der Waals surface area contributed by atoms with Gasteiger partial charge < -0.3 is 4.74 Å². The van der Waals surface area contributed by atoms with Crippen molar-refractivity contribution in [3.8, 4) is 6.07 Å². The first kappa shape index (κ1) is 18.9. The molecule has 0 aliphatic rings. The number of hydrogen-bond acceptors (Lipinski definition) is 7.